The summed E-state index contributed by atoms with van der Waals surface area (Å²) in [5, 5.41) is 3.71. The highest BCUT2D eigenvalue weighted by atomic mass is 16.5. The first kappa shape index (κ1) is 13.6. The van der Waals surface area contributed by atoms with E-state index in [-0.39, 0.29) is 5.60 Å². The van der Waals surface area contributed by atoms with Gasteiger partial charge in [-0.1, -0.05) is 13.3 Å². The van der Waals surface area contributed by atoms with Crippen LogP contribution in [0.15, 0.2) is 0 Å². The van der Waals surface area contributed by atoms with E-state index >= 15 is 0 Å². The normalized spacial score (nSPS) is 54.3. The van der Waals surface area contributed by atoms with Crippen LogP contribution in [-0.4, -0.2) is 24.8 Å². The van der Waals surface area contributed by atoms with Crippen LogP contribution in [0.5, 0.6) is 0 Å². The lowest BCUT2D eigenvalue weighted by Crippen LogP contribution is -2.61. The maximum atomic E-state index is 6.74. The van der Waals surface area contributed by atoms with Crippen LogP contribution in [0, 0.1) is 23.2 Å². The second-order valence-electron chi connectivity index (χ2n) is 8.72. The zero-order valence-electron chi connectivity index (χ0n) is 13.3. The molecule has 4 bridgehead atoms. The van der Waals surface area contributed by atoms with Gasteiger partial charge in [-0.15, -0.1) is 0 Å². The molecule has 0 aromatic carbocycles. The van der Waals surface area contributed by atoms with Gasteiger partial charge in [-0.2, -0.15) is 0 Å². The Morgan fingerprint density at radius 1 is 1.05 bits per heavy atom. The number of rotatable bonds is 3. The molecular formula is C18H31NO. The smallest absolute Gasteiger partial charge is 0.0782 e. The molecule has 0 spiro atoms. The first-order chi connectivity index (χ1) is 9.61. The summed E-state index contributed by atoms with van der Waals surface area (Å²) in [6.07, 6.45) is 11.9. The highest BCUT2D eigenvalue weighted by molar-refractivity contribution is 5.06. The van der Waals surface area contributed by atoms with Gasteiger partial charge in [-0.3, -0.25) is 0 Å². The predicted octanol–water partition coefficient (Wildman–Crippen LogP) is 3.75. The Morgan fingerprint density at radius 2 is 1.65 bits per heavy atom. The molecule has 2 unspecified atom stereocenters. The first-order valence-electron chi connectivity index (χ1n) is 8.99. The van der Waals surface area contributed by atoms with Gasteiger partial charge in [-0.25, -0.2) is 0 Å². The van der Waals surface area contributed by atoms with Crippen molar-refractivity contribution in [3.63, 3.8) is 0 Å². The van der Waals surface area contributed by atoms with Crippen LogP contribution in [-0.2, 0) is 4.74 Å². The molecule has 1 heterocycles. The lowest BCUT2D eigenvalue weighted by molar-refractivity contribution is -0.201. The SMILES string of the molecule is CCCC1(C)CNCC(C23CC4CC(CC(C4)C2)C3)O1. The molecule has 20 heavy (non-hydrogen) atoms. The van der Waals surface area contributed by atoms with Crippen molar-refractivity contribution < 1.29 is 4.74 Å². The van der Waals surface area contributed by atoms with Crippen molar-refractivity contribution in [1.29, 1.82) is 0 Å². The number of hydrogen-bond acceptors (Lipinski definition) is 2. The summed E-state index contributed by atoms with van der Waals surface area (Å²) >= 11 is 0. The molecule has 0 radical (unpaired) electrons. The Morgan fingerprint density at radius 3 is 2.20 bits per heavy atom. The van der Waals surface area contributed by atoms with Gasteiger partial charge in [0.15, 0.2) is 0 Å². The average molecular weight is 277 g/mol. The Balaban J connectivity index is 1.54. The van der Waals surface area contributed by atoms with Crippen molar-refractivity contribution >= 4 is 0 Å². The third kappa shape index (κ3) is 2.14. The fraction of sp³-hybridized carbons (Fsp3) is 1.00. The van der Waals surface area contributed by atoms with E-state index in [1.165, 1.54) is 51.4 Å². The van der Waals surface area contributed by atoms with E-state index in [1.807, 2.05) is 0 Å². The van der Waals surface area contributed by atoms with Gasteiger partial charge in [0.25, 0.3) is 0 Å². The van der Waals surface area contributed by atoms with E-state index in [0.717, 1.165) is 30.8 Å². The van der Waals surface area contributed by atoms with E-state index in [2.05, 4.69) is 19.2 Å². The van der Waals surface area contributed by atoms with Crippen LogP contribution in [0.4, 0.5) is 0 Å². The summed E-state index contributed by atoms with van der Waals surface area (Å²) in [4.78, 5) is 0. The zero-order chi connectivity index (χ0) is 13.8. The minimum atomic E-state index is 0.0843. The average Bonchev–Trinajstić information content (AvgIpc) is 2.37. The standard InChI is InChI=1S/C18H31NO/c1-3-4-17(2)12-19-11-16(20-17)18-8-13-5-14(9-18)7-15(6-13)10-18/h13-16,19H,3-12H2,1-2H3. The van der Waals surface area contributed by atoms with Crippen LogP contribution < -0.4 is 5.32 Å². The molecule has 5 aliphatic rings. The molecule has 2 heteroatoms. The van der Waals surface area contributed by atoms with Gasteiger partial charge in [0.1, 0.15) is 0 Å². The molecule has 4 aliphatic carbocycles. The number of nitrogens with one attached hydrogen (secondary N) is 1. The van der Waals surface area contributed by atoms with Crippen LogP contribution >= 0.6 is 0 Å². The molecule has 2 nitrogen and oxygen atoms in total. The minimum Gasteiger partial charge on any atom is -0.369 e. The van der Waals surface area contributed by atoms with Crippen molar-refractivity contribution in [3.05, 3.63) is 0 Å². The Hall–Kier alpha value is -0.0800. The third-order valence-corrected chi connectivity index (χ3v) is 6.80. The van der Waals surface area contributed by atoms with Crippen molar-refractivity contribution in [3.8, 4) is 0 Å². The van der Waals surface area contributed by atoms with E-state index in [1.54, 1.807) is 0 Å². The largest absolute Gasteiger partial charge is 0.369 e. The highest BCUT2D eigenvalue weighted by Crippen LogP contribution is 2.62. The summed E-state index contributed by atoms with van der Waals surface area (Å²) in [6.45, 7) is 6.76. The molecule has 1 N–H and O–H groups in total. The monoisotopic (exact) mass is 277 g/mol. The molecule has 0 amide bonds. The van der Waals surface area contributed by atoms with Crippen LogP contribution in [0.1, 0.15) is 65.2 Å². The topological polar surface area (TPSA) is 21.3 Å². The van der Waals surface area contributed by atoms with Crippen molar-refractivity contribution in [2.24, 2.45) is 23.2 Å². The molecular weight excluding hydrogens is 246 g/mol. The maximum absolute atomic E-state index is 6.74. The maximum Gasteiger partial charge on any atom is 0.0782 e. The number of ether oxygens (including phenoxy) is 1. The molecule has 1 saturated heterocycles. The molecule has 2 atom stereocenters. The Kier molecular flexibility index (Phi) is 3.20. The van der Waals surface area contributed by atoms with E-state index in [4.69, 9.17) is 4.74 Å². The van der Waals surface area contributed by atoms with E-state index in [0.29, 0.717) is 11.5 Å². The highest BCUT2D eigenvalue weighted by Gasteiger charge is 2.56. The summed E-state index contributed by atoms with van der Waals surface area (Å²) in [6, 6.07) is 0. The van der Waals surface area contributed by atoms with Gasteiger partial charge in [0.05, 0.1) is 11.7 Å². The fourth-order valence-electron chi connectivity index (χ4n) is 6.48. The predicted molar refractivity (Wildman–Crippen MR) is 81.7 cm³/mol. The third-order valence-electron chi connectivity index (χ3n) is 6.80. The van der Waals surface area contributed by atoms with Crippen molar-refractivity contribution in [2.45, 2.75) is 76.9 Å². The quantitative estimate of drug-likeness (QED) is 0.848. The van der Waals surface area contributed by atoms with Crippen LogP contribution in [0.2, 0.25) is 0 Å². The van der Waals surface area contributed by atoms with Gasteiger partial charge >= 0.3 is 0 Å². The molecule has 1 aliphatic heterocycles. The van der Waals surface area contributed by atoms with Crippen molar-refractivity contribution in [1.82, 2.24) is 5.32 Å². The second kappa shape index (κ2) is 4.71. The molecule has 0 aromatic rings. The molecule has 5 fully saturated rings. The summed E-state index contributed by atoms with van der Waals surface area (Å²) in [5.74, 6) is 3.10. The summed E-state index contributed by atoms with van der Waals surface area (Å²) in [7, 11) is 0. The van der Waals surface area contributed by atoms with Crippen LogP contribution in [0.25, 0.3) is 0 Å². The Labute approximate surface area is 124 Å². The minimum absolute atomic E-state index is 0.0843. The zero-order valence-corrected chi connectivity index (χ0v) is 13.3. The molecule has 4 saturated carbocycles. The van der Waals surface area contributed by atoms with E-state index < -0.39 is 0 Å². The number of hydrogen-bond donors (Lipinski definition) is 1. The molecule has 114 valence electrons. The summed E-state index contributed by atoms with van der Waals surface area (Å²) < 4.78 is 6.74. The molecule has 0 aromatic heterocycles. The fourth-order valence-corrected chi connectivity index (χ4v) is 6.48. The van der Waals surface area contributed by atoms with Gasteiger partial charge in [-0.05, 0) is 75.0 Å². The molecule has 5 rings (SSSR count). The van der Waals surface area contributed by atoms with Gasteiger partial charge in [0, 0.05) is 13.1 Å². The lowest BCUT2D eigenvalue weighted by Gasteiger charge is -2.61. The lowest BCUT2D eigenvalue weighted by atomic mass is 9.48. The van der Waals surface area contributed by atoms with Gasteiger partial charge < -0.3 is 10.1 Å². The first-order valence-corrected chi connectivity index (χ1v) is 8.99. The summed E-state index contributed by atoms with van der Waals surface area (Å²) in [5.41, 5.74) is 0.623. The van der Waals surface area contributed by atoms with Gasteiger partial charge in [0.2, 0.25) is 0 Å². The van der Waals surface area contributed by atoms with E-state index in [9.17, 15) is 0 Å². The number of morpholine rings is 1. The van der Waals surface area contributed by atoms with Crippen molar-refractivity contribution in [2.75, 3.05) is 13.1 Å². The Bertz CT molecular complexity index is 340. The second-order valence-corrected chi connectivity index (χ2v) is 8.72. The van der Waals surface area contributed by atoms with Crippen LogP contribution in [0.3, 0.4) is 0 Å².